The Morgan fingerprint density at radius 2 is 2.12 bits per heavy atom. The third kappa shape index (κ3) is 4.22. The van der Waals surface area contributed by atoms with Crippen LogP contribution in [0.25, 0.3) is 11.1 Å². The summed E-state index contributed by atoms with van der Waals surface area (Å²) in [6, 6.07) is 3.67. The molecule has 5 nitrogen and oxygen atoms in total. The van der Waals surface area contributed by atoms with Gasteiger partial charge in [0.25, 0.3) is 0 Å². The van der Waals surface area contributed by atoms with Crippen molar-refractivity contribution < 1.29 is 9.21 Å². The van der Waals surface area contributed by atoms with E-state index in [9.17, 15) is 4.79 Å². The third-order valence-electron chi connectivity index (χ3n) is 3.51. The second-order valence-corrected chi connectivity index (χ2v) is 9.72. The molecule has 0 saturated heterocycles. The molecule has 138 valence electrons. The first-order valence-electron chi connectivity index (χ1n) is 8.13. The number of fused-ring (bicyclic) bond motifs is 1. The normalized spacial score (nSPS) is 11.9. The van der Waals surface area contributed by atoms with Crippen LogP contribution in [0.3, 0.4) is 0 Å². The third-order valence-corrected chi connectivity index (χ3v) is 6.41. The predicted octanol–water partition coefficient (Wildman–Crippen LogP) is 5.94. The number of oxazole rings is 1. The van der Waals surface area contributed by atoms with E-state index in [0.717, 1.165) is 26.7 Å². The number of hydrogen-bond acceptors (Lipinski definition) is 6. The van der Waals surface area contributed by atoms with Gasteiger partial charge in [0.2, 0.25) is 5.91 Å². The predicted molar refractivity (Wildman–Crippen MR) is 107 cm³/mol. The van der Waals surface area contributed by atoms with Gasteiger partial charge in [-0.15, -0.1) is 0 Å². The van der Waals surface area contributed by atoms with Crippen LogP contribution in [0.5, 0.6) is 0 Å². The van der Waals surface area contributed by atoms with E-state index in [-0.39, 0.29) is 11.3 Å². The van der Waals surface area contributed by atoms with Crippen LogP contribution in [0.1, 0.15) is 39.3 Å². The van der Waals surface area contributed by atoms with E-state index < -0.39 is 0 Å². The van der Waals surface area contributed by atoms with Crippen molar-refractivity contribution in [1.82, 2.24) is 9.36 Å². The molecule has 0 spiro atoms. The number of anilines is 1. The smallest absolute Gasteiger partial charge is 0.221 e. The molecule has 0 fully saturated rings. The summed E-state index contributed by atoms with van der Waals surface area (Å²) in [5.41, 5.74) is 2.96. The highest BCUT2D eigenvalue weighted by Crippen LogP contribution is 2.44. The van der Waals surface area contributed by atoms with E-state index in [4.69, 9.17) is 21.0 Å². The molecule has 1 amide bonds. The molecule has 0 aliphatic heterocycles. The van der Waals surface area contributed by atoms with Gasteiger partial charge >= 0.3 is 0 Å². The van der Waals surface area contributed by atoms with E-state index >= 15 is 0 Å². The van der Waals surface area contributed by atoms with Gasteiger partial charge in [-0.25, -0.2) is 4.98 Å². The van der Waals surface area contributed by atoms with Gasteiger partial charge < -0.3 is 9.73 Å². The van der Waals surface area contributed by atoms with Gasteiger partial charge in [0.05, 0.1) is 21.3 Å². The lowest BCUT2D eigenvalue weighted by Crippen LogP contribution is -2.09. The summed E-state index contributed by atoms with van der Waals surface area (Å²) in [7, 11) is 0. The Morgan fingerprint density at radius 1 is 1.38 bits per heavy atom. The van der Waals surface area contributed by atoms with Crippen LogP contribution in [0, 0.1) is 12.3 Å². The van der Waals surface area contributed by atoms with Crippen molar-refractivity contribution in [1.29, 1.82) is 0 Å². The summed E-state index contributed by atoms with van der Waals surface area (Å²) in [5, 5.41) is 3.50. The lowest BCUT2D eigenvalue weighted by Gasteiger charge is -2.14. The summed E-state index contributed by atoms with van der Waals surface area (Å²) >= 11 is 9.14. The average molecular weight is 410 g/mol. The van der Waals surface area contributed by atoms with Crippen LogP contribution in [0.4, 0.5) is 5.69 Å². The van der Waals surface area contributed by atoms with Gasteiger partial charge in [-0.05, 0) is 36.0 Å². The Kier molecular flexibility index (Phi) is 5.33. The molecule has 2 heterocycles. The minimum absolute atomic E-state index is 0.0622. The van der Waals surface area contributed by atoms with Crippen molar-refractivity contribution in [2.24, 2.45) is 5.41 Å². The van der Waals surface area contributed by atoms with Crippen molar-refractivity contribution in [3.8, 4) is 0 Å². The second kappa shape index (κ2) is 7.21. The van der Waals surface area contributed by atoms with E-state index in [0.29, 0.717) is 22.2 Å². The van der Waals surface area contributed by atoms with Gasteiger partial charge in [-0.2, -0.15) is 4.37 Å². The number of hydrogen-bond donors (Lipinski definition) is 1. The number of amides is 1. The molecule has 0 aliphatic rings. The van der Waals surface area contributed by atoms with Gasteiger partial charge in [0.1, 0.15) is 9.73 Å². The van der Waals surface area contributed by atoms with Crippen LogP contribution in [-0.4, -0.2) is 15.3 Å². The Morgan fingerprint density at radius 3 is 2.69 bits per heavy atom. The molecule has 3 rings (SSSR count). The van der Waals surface area contributed by atoms with E-state index in [1.165, 1.54) is 30.2 Å². The fraction of sp³-hybridized carbons (Fsp3) is 0.389. The number of carbonyl (C=O) groups is 1. The first kappa shape index (κ1) is 19.2. The number of carbonyl (C=O) groups excluding carboxylic acids is 1. The van der Waals surface area contributed by atoms with Crippen LogP contribution in [-0.2, 0) is 11.2 Å². The Labute approximate surface area is 165 Å². The molecular weight excluding hydrogens is 390 g/mol. The summed E-state index contributed by atoms with van der Waals surface area (Å²) in [6.45, 7) is 9.77. The van der Waals surface area contributed by atoms with Crippen molar-refractivity contribution in [2.45, 2.75) is 50.1 Å². The number of benzene rings is 1. The first-order chi connectivity index (χ1) is 12.1. The molecule has 0 atom stereocenters. The second-order valence-electron chi connectivity index (χ2n) is 7.29. The number of aromatic nitrogens is 2. The Bertz CT molecular complexity index is 973. The topological polar surface area (TPSA) is 68.0 Å². The maximum absolute atomic E-state index is 11.6. The lowest BCUT2D eigenvalue weighted by atomic mass is 9.92. The molecule has 1 aromatic carbocycles. The van der Waals surface area contributed by atoms with Crippen LogP contribution in [0.15, 0.2) is 25.7 Å². The zero-order valence-corrected chi connectivity index (χ0v) is 17.7. The van der Waals surface area contributed by atoms with Crippen LogP contribution >= 0.6 is 34.9 Å². The molecule has 3 aromatic rings. The maximum Gasteiger partial charge on any atom is 0.221 e. The number of aryl methyl sites for hydroxylation is 1. The standard InChI is InChI=1S/C18H20ClN3O2S2/c1-9-14(19)17(26-22-9)25-16-11(20-10(2)23)6-7-12-15(16)21-13(24-12)8-18(3,4)5/h6-7H,8H2,1-5H3,(H,20,23). The summed E-state index contributed by atoms with van der Waals surface area (Å²) in [5.74, 6) is 0.539. The fourth-order valence-electron chi connectivity index (χ4n) is 2.43. The van der Waals surface area contributed by atoms with Crippen molar-refractivity contribution >= 4 is 57.6 Å². The van der Waals surface area contributed by atoms with Gasteiger partial charge in [-0.3, -0.25) is 4.79 Å². The van der Waals surface area contributed by atoms with E-state index in [1.54, 1.807) is 0 Å². The SMILES string of the molecule is CC(=O)Nc1ccc2oc(CC(C)(C)C)nc2c1Sc1snc(C)c1Cl. The highest BCUT2D eigenvalue weighted by molar-refractivity contribution is 8.01. The molecule has 0 saturated carbocycles. The lowest BCUT2D eigenvalue weighted by molar-refractivity contribution is -0.114. The molecule has 26 heavy (non-hydrogen) atoms. The zero-order chi connectivity index (χ0) is 19.1. The van der Waals surface area contributed by atoms with Crippen molar-refractivity contribution in [2.75, 3.05) is 5.32 Å². The first-order valence-corrected chi connectivity index (χ1v) is 10.1. The highest BCUT2D eigenvalue weighted by atomic mass is 35.5. The molecule has 0 aliphatic carbocycles. The largest absolute Gasteiger partial charge is 0.441 e. The minimum Gasteiger partial charge on any atom is -0.441 e. The van der Waals surface area contributed by atoms with Crippen LogP contribution in [0.2, 0.25) is 5.02 Å². The Balaban J connectivity index is 2.11. The monoisotopic (exact) mass is 409 g/mol. The van der Waals surface area contributed by atoms with Crippen molar-refractivity contribution in [3.05, 3.63) is 28.7 Å². The fourth-order valence-corrected chi connectivity index (χ4v) is 4.69. The summed E-state index contributed by atoms with van der Waals surface area (Å²) in [6.07, 6.45) is 0.724. The highest BCUT2D eigenvalue weighted by Gasteiger charge is 2.21. The molecule has 0 unspecified atom stereocenters. The van der Waals surface area contributed by atoms with Gasteiger partial charge in [0, 0.05) is 13.3 Å². The van der Waals surface area contributed by atoms with E-state index in [1.807, 2.05) is 19.1 Å². The molecule has 1 N–H and O–H groups in total. The maximum atomic E-state index is 11.6. The van der Waals surface area contributed by atoms with Gasteiger partial charge in [-0.1, -0.05) is 44.1 Å². The molecule has 2 aromatic heterocycles. The number of nitrogens with one attached hydrogen (secondary N) is 1. The van der Waals surface area contributed by atoms with E-state index in [2.05, 4.69) is 30.5 Å². The Hall–Kier alpha value is -1.57. The average Bonchev–Trinajstić information content (AvgIpc) is 3.04. The summed E-state index contributed by atoms with van der Waals surface area (Å²) < 4.78 is 11.1. The molecule has 8 heteroatoms. The summed E-state index contributed by atoms with van der Waals surface area (Å²) in [4.78, 5) is 17.1. The molecule has 0 bridgehead atoms. The minimum atomic E-state index is -0.142. The van der Waals surface area contributed by atoms with Crippen LogP contribution < -0.4 is 5.32 Å². The van der Waals surface area contributed by atoms with Gasteiger partial charge in [0.15, 0.2) is 11.5 Å². The quantitative estimate of drug-likeness (QED) is 0.577. The van der Waals surface area contributed by atoms with Crippen molar-refractivity contribution in [3.63, 3.8) is 0 Å². The number of nitrogens with zero attached hydrogens (tertiary/aromatic N) is 2. The number of rotatable bonds is 4. The zero-order valence-electron chi connectivity index (χ0n) is 15.3. The molecule has 0 radical (unpaired) electrons. The molecular formula is C18H20ClN3O2S2. The number of halogens is 1.